The summed E-state index contributed by atoms with van der Waals surface area (Å²) < 4.78 is 13.6. The maximum atomic E-state index is 13.6. The van der Waals surface area contributed by atoms with Crippen LogP contribution in [0.3, 0.4) is 0 Å². The number of hydrogen-bond donors (Lipinski definition) is 1. The fraction of sp³-hybridized carbons (Fsp3) is 0.600. The lowest BCUT2D eigenvalue weighted by molar-refractivity contribution is 0.164. The van der Waals surface area contributed by atoms with Crippen LogP contribution in [0, 0.1) is 11.2 Å². The SMILES string of the molecule is CC1(C)CCC(N)(Cc2ccccc2F)CC1. The molecule has 0 radical (unpaired) electrons. The minimum atomic E-state index is -0.211. The summed E-state index contributed by atoms with van der Waals surface area (Å²) in [5.41, 5.74) is 7.36. The molecule has 0 aromatic heterocycles. The van der Waals surface area contributed by atoms with E-state index in [0.29, 0.717) is 11.8 Å². The zero-order chi connectivity index (χ0) is 12.5. The first-order valence-corrected chi connectivity index (χ1v) is 6.43. The summed E-state index contributed by atoms with van der Waals surface area (Å²) in [6.45, 7) is 4.57. The van der Waals surface area contributed by atoms with E-state index in [1.807, 2.05) is 12.1 Å². The van der Waals surface area contributed by atoms with Gasteiger partial charge in [-0.15, -0.1) is 0 Å². The van der Waals surface area contributed by atoms with E-state index in [-0.39, 0.29) is 11.4 Å². The molecule has 94 valence electrons. The van der Waals surface area contributed by atoms with E-state index in [4.69, 9.17) is 5.73 Å². The predicted octanol–water partition coefficient (Wildman–Crippen LogP) is 3.67. The fourth-order valence-corrected chi connectivity index (χ4v) is 2.62. The Bertz CT molecular complexity index is 388. The van der Waals surface area contributed by atoms with E-state index >= 15 is 0 Å². The van der Waals surface area contributed by atoms with E-state index in [2.05, 4.69) is 13.8 Å². The minimum absolute atomic E-state index is 0.123. The van der Waals surface area contributed by atoms with Crippen molar-refractivity contribution in [1.82, 2.24) is 0 Å². The summed E-state index contributed by atoms with van der Waals surface area (Å²) in [6, 6.07) is 6.98. The van der Waals surface area contributed by atoms with E-state index in [9.17, 15) is 4.39 Å². The minimum Gasteiger partial charge on any atom is -0.325 e. The van der Waals surface area contributed by atoms with Crippen LogP contribution in [-0.4, -0.2) is 5.54 Å². The molecule has 1 aliphatic rings. The molecule has 0 unspecified atom stereocenters. The van der Waals surface area contributed by atoms with Crippen LogP contribution in [-0.2, 0) is 6.42 Å². The highest BCUT2D eigenvalue weighted by Crippen LogP contribution is 2.40. The standard InChI is InChI=1S/C15H22FN/c1-14(2)7-9-15(17,10-8-14)11-12-5-3-4-6-13(12)16/h3-6H,7-11,17H2,1-2H3. The molecule has 1 saturated carbocycles. The van der Waals surface area contributed by atoms with Crippen LogP contribution in [0.15, 0.2) is 24.3 Å². The molecule has 0 atom stereocenters. The van der Waals surface area contributed by atoms with Gasteiger partial charge in [0, 0.05) is 5.54 Å². The highest BCUT2D eigenvalue weighted by atomic mass is 19.1. The van der Waals surface area contributed by atoms with Crippen molar-refractivity contribution in [2.75, 3.05) is 0 Å². The lowest BCUT2D eigenvalue weighted by atomic mass is 9.68. The summed E-state index contributed by atoms with van der Waals surface area (Å²) in [7, 11) is 0. The molecule has 1 aromatic carbocycles. The Morgan fingerprint density at radius 3 is 2.29 bits per heavy atom. The second-order valence-electron chi connectivity index (χ2n) is 6.29. The molecular formula is C15H22FN. The van der Waals surface area contributed by atoms with Crippen molar-refractivity contribution in [1.29, 1.82) is 0 Å². The first-order valence-electron chi connectivity index (χ1n) is 6.43. The molecule has 0 aliphatic heterocycles. The highest BCUT2D eigenvalue weighted by Gasteiger charge is 2.35. The Morgan fingerprint density at radius 1 is 1.12 bits per heavy atom. The van der Waals surface area contributed by atoms with Gasteiger partial charge in [0.1, 0.15) is 5.82 Å². The van der Waals surface area contributed by atoms with Gasteiger partial charge in [-0.2, -0.15) is 0 Å². The monoisotopic (exact) mass is 235 g/mol. The molecule has 1 fully saturated rings. The molecule has 0 spiro atoms. The topological polar surface area (TPSA) is 26.0 Å². The second-order valence-corrected chi connectivity index (χ2v) is 6.29. The maximum absolute atomic E-state index is 13.6. The Kier molecular flexibility index (Phi) is 3.26. The van der Waals surface area contributed by atoms with E-state index < -0.39 is 0 Å². The number of rotatable bonds is 2. The average molecular weight is 235 g/mol. The van der Waals surface area contributed by atoms with Crippen molar-refractivity contribution in [2.24, 2.45) is 11.1 Å². The van der Waals surface area contributed by atoms with Crippen molar-refractivity contribution in [3.8, 4) is 0 Å². The smallest absolute Gasteiger partial charge is 0.126 e. The van der Waals surface area contributed by atoms with Gasteiger partial charge in [-0.1, -0.05) is 32.0 Å². The van der Waals surface area contributed by atoms with Crippen LogP contribution in [0.2, 0.25) is 0 Å². The average Bonchev–Trinajstić information content (AvgIpc) is 2.27. The van der Waals surface area contributed by atoms with Crippen LogP contribution in [0.25, 0.3) is 0 Å². The number of halogens is 1. The van der Waals surface area contributed by atoms with E-state index in [1.54, 1.807) is 6.07 Å². The zero-order valence-electron chi connectivity index (χ0n) is 10.8. The number of benzene rings is 1. The molecule has 2 rings (SSSR count). The Labute approximate surface area is 103 Å². The Balaban J connectivity index is 2.07. The summed E-state index contributed by atoms with van der Waals surface area (Å²) in [5.74, 6) is -0.123. The fourth-order valence-electron chi connectivity index (χ4n) is 2.62. The third-order valence-corrected chi connectivity index (χ3v) is 4.10. The van der Waals surface area contributed by atoms with Gasteiger partial charge in [-0.3, -0.25) is 0 Å². The van der Waals surface area contributed by atoms with Crippen LogP contribution in [0.5, 0.6) is 0 Å². The normalized spacial score (nSPS) is 22.4. The Hall–Kier alpha value is -0.890. The van der Waals surface area contributed by atoms with Gasteiger partial charge in [0.25, 0.3) is 0 Å². The van der Waals surface area contributed by atoms with Gasteiger partial charge in [0.05, 0.1) is 0 Å². The molecule has 17 heavy (non-hydrogen) atoms. The van der Waals surface area contributed by atoms with Crippen molar-refractivity contribution >= 4 is 0 Å². The summed E-state index contributed by atoms with van der Waals surface area (Å²) in [5, 5.41) is 0. The highest BCUT2D eigenvalue weighted by molar-refractivity contribution is 5.20. The largest absolute Gasteiger partial charge is 0.325 e. The molecule has 1 nitrogen and oxygen atoms in total. The zero-order valence-corrected chi connectivity index (χ0v) is 10.8. The van der Waals surface area contributed by atoms with Gasteiger partial charge < -0.3 is 5.73 Å². The molecule has 0 amide bonds. The second kappa shape index (κ2) is 4.41. The van der Waals surface area contributed by atoms with Gasteiger partial charge in [-0.25, -0.2) is 4.39 Å². The maximum Gasteiger partial charge on any atom is 0.126 e. The molecule has 2 N–H and O–H groups in total. The van der Waals surface area contributed by atoms with E-state index in [1.165, 1.54) is 6.07 Å². The van der Waals surface area contributed by atoms with Crippen molar-refractivity contribution in [3.63, 3.8) is 0 Å². The summed E-state index contributed by atoms with van der Waals surface area (Å²) >= 11 is 0. The lowest BCUT2D eigenvalue weighted by Crippen LogP contribution is -2.47. The van der Waals surface area contributed by atoms with Gasteiger partial charge in [0.15, 0.2) is 0 Å². The van der Waals surface area contributed by atoms with Crippen LogP contribution < -0.4 is 5.73 Å². The van der Waals surface area contributed by atoms with Crippen LogP contribution >= 0.6 is 0 Å². The number of hydrogen-bond acceptors (Lipinski definition) is 1. The number of nitrogens with two attached hydrogens (primary N) is 1. The van der Waals surface area contributed by atoms with Gasteiger partial charge >= 0.3 is 0 Å². The Morgan fingerprint density at radius 2 is 1.71 bits per heavy atom. The van der Waals surface area contributed by atoms with Crippen LogP contribution in [0.1, 0.15) is 45.1 Å². The third-order valence-electron chi connectivity index (χ3n) is 4.10. The molecule has 0 heterocycles. The van der Waals surface area contributed by atoms with Crippen LogP contribution in [0.4, 0.5) is 4.39 Å². The van der Waals surface area contributed by atoms with Crippen molar-refractivity contribution in [3.05, 3.63) is 35.6 Å². The first-order chi connectivity index (χ1) is 7.90. The third kappa shape index (κ3) is 3.06. The molecule has 2 heteroatoms. The quantitative estimate of drug-likeness (QED) is 0.831. The molecular weight excluding hydrogens is 213 g/mol. The predicted molar refractivity (Wildman–Crippen MR) is 69.3 cm³/mol. The molecule has 1 aromatic rings. The van der Waals surface area contributed by atoms with Crippen molar-refractivity contribution in [2.45, 2.75) is 51.5 Å². The molecule has 1 aliphatic carbocycles. The summed E-state index contributed by atoms with van der Waals surface area (Å²) in [4.78, 5) is 0. The van der Waals surface area contributed by atoms with Gasteiger partial charge in [-0.05, 0) is 49.1 Å². The van der Waals surface area contributed by atoms with Crippen molar-refractivity contribution < 1.29 is 4.39 Å². The lowest BCUT2D eigenvalue weighted by Gasteiger charge is -2.41. The van der Waals surface area contributed by atoms with Gasteiger partial charge in [0.2, 0.25) is 0 Å². The molecule has 0 saturated heterocycles. The molecule has 0 bridgehead atoms. The van der Waals surface area contributed by atoms with E-state index in [0.717, 1.165) is 31.2 Å². The first kappa shape index (κ1) is 12.6. The summed E-state index contributed by atoms with van der Waals surface area (Å²) in [6.07, 6.45) is 4.92.